The fourth-order valence-corrected chi connectivity index (χ4v) is 5.39. The molecule has 0 aromatic heterocycles. The van der Waals surface area contributed by atoms with E-state index in [-0.39, 0.29) is 11.3 Å². The van der Waals surface area contributed by atoms with Crippen molar-refractivity contribution in [3.05, 3.63) is 89.5 Å². The van der Waals surface area contributed by atoms with E-state index >= 15 is 0 Å². The molecule has 0 radical (unpaired) electrons. The van der Waals surface area contributed by atoms with Gasteiger partial charge < -0.3 is 14.6 Å². The topological polar surface area (TPSA) is 84.9 Å². The number of benzene rings is 3. The number of aliphatic hydroxyl groups is 1. The van der Waals surface area contributed by atoms with Crippen LogP contribution in [0.25, 0.3) is 0 Å². The maximum Gasteiger partial charge on any atom is 0.241 e. The molecular formula is C24H25NO5S. The Kier molecular flexibility index (Phi) is 5.29. The van der Waals surface area contributed by atoms with Crippen LogP contribution in [-0.4, -0.2) is 27.7 Å². The van der Waals surface area contributed by atoms with Gasteiger partial charge in [0.05, 0.1) is 24.7 Å². The van der Waals surface area contributed by atoms with Crippen molar-refractivity contribution in [3.63, 3.8) is 0 Å². The first-order chi connectivity index (χ1) is 14.7. The van der Waals surface area contributed by atoms with Gasteiger partial charge in [0, 0.05) is 6.42 Å². The van der Waals surface area contributed by atoms with E-state index < -0.39 is 21.2 Å². The fraction of sp³-hybridized carbons (Fsp3) is 0.250. The van der Waals surface area contributed by atoms with Gasteiger partial charge in [0.2, 0.25) is 10.0 Å². The highest BCUT2D eigenvalue weighted by atomic mass is 32.2. The second-order valence-corrected chi connectivity index (χ2v) is 9.50. The minimum atomic E-state index is -3.89. The molecule has 0 bridgehead atoms. The van der Waals surface area contributed by atoms with Crippen molar-refractivity contribution in [1.82, 2.24) is 4.72 Å². The summed E-state index contributed by atoms with van der Waals surface area (Å²) in [5, 5.41) is 11.6. The highest BCUT2D eigenvalue weighted by Crippen LogP contribution is 2.62. The van der Waals surface area contributed by atoms with Gasteiger partial charge in [0.25, 0.3) is 0 Å². The molecule has 0 amide bonds. The first kappa shape index (κ1) is 21.4. The summed E-state index contributed by atoms with van der Waals surface area (Å²) in [5.74, 6) is 1.30. The lowest BCUT2D eigenvalue weighted by Gasteiger charge is -2.25. The molecule has 2 N–H and O–H groups in total. The van der Waals surface area contributed by atoms with Crippen LogP contribution in [0.1, 0.15) is 23.1 Å². The first-order valence-corrected chi connectivity index (χ1v) is 11.3. The van der Waals surface area contributed by atoms with Gasteiger partial charge in [-0.1, -0.05) is 42.0 Å². The number of rotatable bonds is 7. The van der Waals surface area contributed by atoms with Gasteiger partial charge in [-0.3, -0.25) is 0 Å². The zero-order valence-corrected chi connectivity index (χ0v) is 18.4. The molecule has 1 fully saturated rings. The SMILES string of the molecule is COc1ccc([C@@]2(O)C[C@@]2(NS(=O)(=O)c2ccc(C)cc2)c2ccc(OC)cc2)cc1. The second-order valence-electron chi connectivity index (χ2n) is 7.82. The number of ether oxygens (including phenoxy) is 2. The van der Waals surface area contributed by atoms with Gasteiger partial charge in [0.1, 0.15) is 17.1 Å². The molecule has 7 heteroatoms. The van der Waals surface area contributed by atoms with Gasteiger partial charge in [0.15, 0.2) is 0 Å². The fourth-order valence-electron chi connectivity index (χ4n) is 3.96. The first-order valence-electron chi connectivity index (χ1n) is 9.86. The number of nitrogens with one attached hydrogen (secondary N) is 1. The zero-order chi connectivity index (χ0) is 22.3. The van der Waals surface area contributed by atoms with Crippen LogP contribution >= 0.6 is 0 Å². The lowest BCUT2D eigenvalue weighted by molar-refractivity contribution is 0.117. The van der Waals surface area contributed by atoms with Crippen LogP contribution in [0.5, 0.6) is 11.5 Å². The van der Waals surface area contributed by atoms with E-state index in [0.29, 0.717) is 22.6 Å². The molecule has 0 unspecified atom stereocenters. The van der Waals surface area contributed by atoms with Crippen molar-refractivity contribution in [2.75, 3.05) is 14.2 Å². The maximum atomic E-state index is 13.2. The average Bonchev–Trinajstić information content (AvgIpc) is 3.39. The van der Waals surface area contributed by atoms with Crippen LogP contribution in [0.2, 0.25) is 0 Å². The number of aryl methyl sites for hydroxylation is 1. The molecule has 0 aliphatic heterocycles. The summed E-state index contributed by atoms with van der Waals surface area (Å²) in [6.45, 7) is 1.89. The number of hydrogen-bond donors (Lipinski definition) is 2. The molecule has 2 atom stereocenters. The summed E-state index contributed by atoms with van der Waals surface area (Å²) in [6.07, 6.45) is 0.198. The highest BCUT2D eigenvalue weighted by Gasteiger charge is 2.70. The van der Waals surface area contributed by atoms with E-state index in [1.807, 2.05) is 6.92 Å². The van der Waals surface area contributed by atoms with Crippen LogP contribution in [0.15, 0.2) is 77.7 Å². The Balaban J connectivity index is 1.77. The third-order valence-electron chi connectivity index (χ3n) is 5.89. The standard InChI is InChI=1S/C24H25NO5S/c1-17-4-14-22(15-5-17)31(27,28)25-23(18-6-10-20(29-2)11-7-18)16-24(23,26)19-8-12-21(30-3)13-9-19/h4-15,25-26H,16H2,1-3H3/t23-,24+/m1/s1. The smallest absolute Gasteiger partial charge is 0.241 e. The Hall–Kier alpha value is -2.87. The monoisotopic (exact) mass is 439 g/mol. The Morgan fingerprint density at radius 2 is 1.29 bits per heavy atom. The van der Waals surface area contributed by atoms with E-state index in [2.05, 4.69) is 4.72 Å². The summed E-state index contributed by atoms with van der Waals surface area (Å²) in [6, 6.07) is 20.7. The third kappa shape index (κ3) is 3.69. The summed E-state index contributed by atoms with van der Waals surface area (Å²) < 4.78 is 39.7. The molecule has 162 valence electrons. The van der Waals surface area contributed by atoms with Crippen LogP contribution < -0.4 is 14.2 Å². The normalized spacial score (nSPS) is 22.7. The van der Waals surface area contributed by atoms with Crippen LogP contribution in [0.3, 0.4) is 0 Å². The van der Waals surface area contributed by atoms with Crippen molar-refractivity contribution in [2.45, 2.75) is 29.4 Å². The Labute approximate surface area is 182 Å². The number of hydrogen-bond acceptors (Lipinski definition) is 5. The van der Waals surface area contributed by atoms with Crippen LogP contribution in [0, 0.1) is 6.92 Å². The summed E-state index contributed by atoms with van der Waals surface area (Å²) in [7, 11) is -0.761. The van der Waals surface area contributed by atoms with Gasteiger partial charge in [-0.15, -0.1) is 0 Å². The predicted molar refractivity (Wildman–Crippen MR) is 118 cm³/mol. The van der Waals surface area contributed by atoms with Crippen molar-refractivity contribution >= 4 is 10.0 Å². The van der Waals surface area contributed by atoms with Crippen molar-refractivity contribution in [1.29, 1.82) is 0 Å². The Morgan fingerprint density at radius 1 is 0.806 bits per heavy atom. The second kappa shape index (κ2) is 7.67. The molecule has 4 rings (SSSR count). The largest absolute Gasteiger partial charge is 0.497 e. The van der Waals surface area contributed by atoms with E-state index in [1.165, 1.54) is 0 Å². The molecule has 6 nitrogen and oxygen atoms in total. The average molecular weight is 440 g/mol. The molecule has 0 saturated heterocycles. The molecule has 1 saturated carbocycles. The molecule has 3 aromatic rings. The molecule has 1 aliphatic rings. The summed E-state index contributed by atoms with van der Waals surface area (Å²) >= 11 is 0. The molecular weight excluding hydrogens is 414 g/mol. The van der Waals surface area contributed by atoms with Gasteiger partial charge >= 0.3 is 0 Å². The van der Waals surface area contributed by atoms with Crippen molar-refractivity contribution in [3.8, 4) is 11.5 Å². The minimum absolute atomic E-state index is 0.148. The van der Waals surface area contributed by atoms with Gasteiger partial charge in [-0.05, 0) is 54.4 Å². The van der Waals surface area contributed by atoms with Crippen molar-refractivity contribution in [2.24, 2.45) is 0 Å². The molecule has 0 spiro atoms. The predicted octanol–water partition coefficient (Wildman–Crippen LogP) is 3.48. The molecule has 0 heterocycles. The lowest BCUT2D eigenvalue weighted by atomic mass is 9.96. The summed E-state index contributed by atoms with van der Waals surface area (Å²) in [5.41, 5.74) is -0.397. The van der Waals surface area contributed by atoms with Crippen LogP contribution in [0.4, 0.5) is 0 Å². The van der Waals surface area contributed by atoms with Gasteiger partial charge in [-0.2, -0.15) is 4.72 Å². The lowest BCUT2D eigenvalue weighted by Crippen LogP contribution is -2.41. The number of methoxy groups -OCH3 is 2. The van der Waals surface area contributed by atoms with E-state index in [1.54, 1.807) is 87.0 Å². The molecule has 3 aromatic carbocycles. The van der Waals surface area contributed by atoms with E-state index in [9.17, 15) is 13.5 Å². The maximum absolute atomic E-state index is 13.2. The van der Waals surface area contributed by atoms with Gasteiger partial charge in [-0.25, -0.2) is 8.42 Å². The van der Waals surface area contributed by atoms with E-state index in [4.69, 9.17) is 9.47 Å². The van der Waals surface area contributed by atoms with E-state index in [0.717, 1.165) is 5.56 Å². The molecule has 31 heavy (non-hydrogen) atoms. The minimum Gasteiger partial charge on any atom is -0.497 e. The Bertz CT molecular complexity index is 1170. The van der Waals surface area contributed by atoms with Crippen LogP contribution in [-0.2, 0) is 21.2 Å². The quantitative estimate of drug-likeness (QED) is 0.589. The summed E-state index contributed by atoms with van der Waals surface area (Å²) in [4.78, 5) is 0.148. The zero-order valence-electron chi connectivity index (χ0n) is 17.6. The number of sulfonamides is 1. The third-order valence-corrected chi connectivity index (χ3v) is 7.40. The highest BCUT2D eigenvalue weighted by molar-refractivity contribution is 7.89. The van der Waals surface area contributed by atoms with Crippen molar-refractivity contribution < 1.29 is 23.0 Å². The molecule has 1 aliphatic carbocycles. The Morgan fingerprint density at radius 3 is 1.77 bits per heavy atom.